The fraction of sp³-hybridized carbons (Fsp3) is 0.889. The Balaban J connectivity index is 2.25. The molecule has 0 heterocycles. The highest BCUT2D eigenvalue weighted by Crippen LogP contribution is 2.23. The molecule has 0 aliphatic heterocycles. The smallest absolute Gasteiger partial charge is 0.220 e. The average Bonchev–Trinajstić information content (AvgIpc) is 2.06. The summed E-state index contributed by atoms with van der Waals surface area (Å²) in [5, 5.41) is 3.39. The van der Waals surface area contributed by atoms with Gasteiger partial charge >= 0.3 is 0 Å². The normalized spacial score (nSPS) is 30.1. The van der Waals surface area contributed by atoms with Gasteiger partial charge in [0.15, 0.2) is 0 Å². The summed E-state index contributed by atoms with van der Waals surface area (Å²) in [6, 6.07) is 0.616. The number of rotatable bonds is 3. The van der Waals surface area contributed by atoms with Crippen molar-refractivity contribution in [2.75, 3.05) is 6.54 Å². The van der Waals surface area contributed by atoms with Crippen LogP contribution in [0.1, 0.15) is 32.6 Å². The Bertz CT molecular complexity index is 151. The Hall–Kier alpha value is -0.570. The Morgan fingerprint density at radius 3 is 2.42 bits per heavy atom. The first-order chi connectivity index (χ1) is 5.74. The maximum atomic E-state index is 10.8. The molecular formula is C9H18N2O. The summed E-state index contributed by atoms with van der Waals surface area (Å²) in [6.07, 6.45) is 4.13. The van der Waals surface area contributed by atoms with Crippen LogP contribution in [0, 0.1) is 5.92 Å². The molecule has 0 unspecified atom stereocenters. The van der Waals surface area contributed by atoms with Crippen molar-refractivity contribution in [1.82, 2.24) is 5.32 Å². The first kappa shape index (κ1) is 9.52. The Labute approximate surface area is 73.7 Å². The largest absolute Gasteiger partial charge is 0.369 e. The van der Waals surface area contributed by atoms with Crippen molar-refractivity contribution in [2.24, 2.45) is 11.7 Å². The minimum Gasteiger partial charge on any atom is -0.369 e. The maximum absolute atomic E-state index is 10.8. The fourth-order valence-corrected chi connectivity index (χ4v) is 1.87. The van der Waals surface area contributed by atoms with Crippen LogP contribution >= 0.6 is 0 Å². The number of amides is 1. The molecule has 0 atom stereocenters. The van der Waals surface area contributed by atoms with Gasteiger partial charge in [-0.25, -0.2) is 0 Å². The number of hydrogen-bond donors (Lipinski definition) is 2. The summed E-state index contributed by atoms with van der Waals surface area (Å²) in [4.78, 5) is 10.8. The second-order valence-electron chi connectivity index (χ2n) is 3.51. The van der Waals surface area contributed by atoms with Gasteiger partial charge in [0, 0.05) is 12.0 Å². The molecule has 12 heavy (non-hydrogen) atoms. The van der Waals surface area contributed by atoms with Crippen molar-refractivity contribution in [1.29, 1.82) is 0 Å². The third-order valence-electron chi connectivity index (χ3n) is 2.62. The van der Waals surface area contributed by atoms with Gasteiger partial charge < -0.3 is 11.1 Å². The van der Waals surface area contributed by atoms with Crippen LogP contribution in [0.2, 0.25) is 0 Å². The molecule has 0 aromatic carbocycles. The van der Waals surface area contributed by atoms with E-state index < -0.39 is 0 Å². The van der Waals surface area contributed by atoms with E-state index in [1.807, 2.05) is 0 Å². The predicted octanol–water partition coefficient (Wildman–Crippen LogP) is 0.640. The molecule has 0 bridgehead atoms. The van der Waals surface area contributed by atoms with Gasteiger partial charge in [0.1, 0.15) is 0 Å². The van der Waals surface area contributed by atoms with E-state index in [1.54, 1.807) is 0 Å². The lowest BCUT2D eigenvalue weighted by Gasteiger charge is -2.26. The number of nitrogens with one attached hydrogen (secondary N) is 1. The van der Waals surface area contributed by atoms with Crippen molar-refractivity contribution in [3.8, 4) is 0 Å². The van der Waals surface area contributed by atoms with Crippen molar-refractivity contribution in [2.45, 2.75) is 38.6 Å². The van der Waals surface area contributed by atoms with Crippen molar-refractivity contribution >= 4 is 5.91 Å². The monoisotopic (exact) mass is 170 g/mol. The highest BCUT2D eigenvalue weighted by molar-refractivity contribution is 5.76. The minimum atomic E-state index is -0.120. The van der Waals surface area contributed by atoms with E-state index in [1.165, 1.54) is 0 Å². The van der Waals surface area contributed by atoms with Crippen LogP contribution in [0.25, 0.3) is 0 Å². The maximum Gasteiger partial charge on any atom is 0.220 e. The third kappa shape index (κ3) is 2.48. The van der Waals surface area contributed by atoms with Crippen molar-refractivity contribution < 1.29 is 4.79 Å². The van der Waals surface area contributed by atoms with Gasteiger partial charge in [-0.3, -0.25) is 4.79 Å². The van der Waals surface area contributed by atoms with Gasteiger partial charge in [0.2, 0.25) is 5.91 Å². The van der Waals surface area contributed by atoms with Crippen molar-refractivity contribution in [3.63, 3.8) is 0 Å². The number of hydrogen-bond acceptors (Lipinski definition) is 2. The molecule has 1 rings (SSSR count). The second-order valence-corrected chi connectivity index (χ2v) is 3.51. The number of carbonyl (C=O) groups excluding carboxylic acids is 1. The van der Waals surface area contributed by atoms with E-state index in [0.717, 1.165) is 32.2 Å². The van der Waals surface area contributed by atoms with E-state index in [2.05, 4.69) is 12.2 Å². The number of nitrogens with two attached hydrogens (primary N) is 1. The molecular weight excluding hydrogens is 152 g/mol. The van der Waals surface area contributed by atoms with Crippen LogP contribution in [0.4, 0.5) is 0 Å². The molecule has 1 aliphatic carbocycles. The minimum absolute atomic E-state index is 0.120. The zero-order valence-electron chi connectivity index (χ0n) is 7.68. The zero-order valence-corrected chi connectivity index (χ0v) is 7.68. The van der Waals surface area contributed by atoms with Crippen LogP contribution in [-0.4, -0.2) is 18.5 Å². The van der Waals surface area contributed by atoms with E-state index in [4.69, 9.17) is 5.73 Å². The first-order valence-corrected chi connectivity index (χ1v) is 4.76. The van der Waals surface area contributed by atoms with Gasteiger partial charge in [-0.15, -0.1) is 0 Å². The van der Waals surface area contributed by atoms with Gasteiger partial charge in [0.05, 0.1) is 0 Å². The quantitative estimate of drug-likeness (QED) is 0.653. The van der Waals surface area contributed by atoms with Crippen LogP contribution in [0.3, 0.4) is 0 Å². The molecule has 1 fully saturated rings. The second kappa shape index (κ2) is 4.45. The lowest BCUT2D eigenvalue weighted by atomic mass is 9.86. The Morgan fingerprint density at radius 2 is 2.00 bits per heavy atom. The molecule has 0 saturated heterocycles. The Morgan fingerprint density at radius 1 is 1.42 bits per heavy atom. The van der Waals surface area contributed by atoms with E-state index in [-0.39, 0.29) is 11.8 Å². The summed E-state index contributed by atoms with van der Waals surface area (Å²) in [6.45, 7) is 3.13. The average molecular weight is 170 g/mol. The lowest BCUT2D eigenvalue weighted by Crippen LogP contribution is -2.36. The third-order valence-corrected chi connectivity index (χ3v) is 2.62. The topological polar surface area (TPSA) is 55.1 Å². The van der Waals surface area contributed by atoms with Gasteiger partial charge in [0.25, 0.3) is 0 Å². The molecule has 0 spiro atoms. The highest BCUT2D eigenvalue weighted by Gasteiger charge is 2.23. The molecule has 0 radical (unpaired) electrons. The summed E-state index contributed by atoms with van der Waals surface area (Å²) in [5.41, 5.74) is 5.23. The van der Waals surface area contributed by atoms with Gasteiger partial charge in [-0.05, 0) is 32.2 Å². The SMILES string of the molecule is CCNC1CCC(C(N)=O)CC1. The van der Waals surface area contributed by atoms with Gasteiger partial charge in [-0.2, -0.15) is 0 Å². The molecule has 1 saturated carbocycles. The molecule has 0 aromatic heterocycles. The summed E-state index contributed by atoms with van der Waals surface area (Å²) in [5.74, 6) is 0.0184. The molecule has 70 valence electrons. The van der Waals surface area contributed by atoms with Crippen LogP contribution in [0.5, 0.6) is 0 Å². The molecule has 1 aliphatic rings. The molecule has 3 N–H and O–H groups in total. The van der Waals surface area contributed by atoms with Crippen LogP contribution in [0.15, 0.2) is 0 Å². The fourth-order valence-electron chi connectivity index (χ4n) is 1.87. The number of primary amides is 1. The first-order valence-electron chi connectivity index (χ1n) is 4.76. The molecule has 1 amide bonds. The van der Waals surface area contributed by atoms with E-state index in [0.29, 0.717) is 6.04 Å². The molecule has 3 heteroatoms. The summed E-state index contributed by atoms with van der Waals surface area (Å²) >= 11 is 0. The van der Waals surface area contributed by atoms with E-state index in [9.17, 15) is 4.79 Å². The molecule has 0 aromatic rings. The highest BCUT2D eigenvalue weighted by atomic mass is 16.1. The molecule has 3 nitrogen and oxygen atoms in total. The van der Waals surface area contributed by atoms with Crippen LogP contribution < -0.4 is 11.1 Å². The van der Waals surface area contributed by atoms with Crippen molar-refractivity contribution in [3.05, 3.63) is 0 Å². The van der Waals surface area contributed by atoms with Gasteiger partial charge in [-0.1, -0.05) is 6.92 Å². The Kier molecular flexibility index (Phi) is 3.53. The zero-order chi connectivity index (χ0) is 8.97. The van der Waals surface area contributed by atoms with Crippen LogP contribution in [-0.2, 0) is 4.79 Å². The summed E-state index contributed by atoms with van der Waals surface area (Å²) < 4.78 is 0. The standard InChI is InChI=1S/C9H18N2O/c1-2-11-8-5-3-7(4-6-8)9(10)12/h7-8,11H,2-6H2,1H3,(H2,10,12). The predicted molar refractivity (Wildman–Crippen MR) is 48.6 cm³/mol. The number of carbonyl (C=O) groups is 1. The lowest BCUT2D eigenvalue weighted by molar-refractivity contribution is -0.122. The van der Waals surface area contributed by atoms with E-state index >= 15 is 0 Å². The summed E-state index contributed by atoms with van der Waals surface area (Å²) in [7, 11) is 0.